The first-order valence-electron chi connectivity index (χ1n) is 9.79. The van der Waals surface area contributed by atoms with Crippen molar-refractivity contribution in [3.8, 4) is 0 Å². The van der Waals surface area contributed by atoms with E-state index in [1.807, 2.05) is 13.8 Å². The molecule has 1 aromatic heterocycles. The van der Waals surface area contributed by atoms with E-state index in [-0.39, 0.29) is 41.2 Å². The van der Waals surface area contributed by atoms with Crippen molar-refractivity contribution in [3.05, 3.63) is 34.2 Å². The number of hydrogen-bond donors (Lipinski definition) is 2. The predicted molar refractivity (Wildman–Crippen MR) is 111 cm³/mol. The minimum atomic E-state index is -0.419. The van der Waals surface area contributed by atoms with E-state index in [1.165, 1.54) is 13.0 Å². The average molecular weight is 421 g/mol. The Labute approximate surface area is 174 Å². The Kier molecular flexibility index (Phi) is 6.36. The number of likely N-dealkylation sites (tertiary alicyclic amines) is 1. The highest BCUT2D eigenvalue weighted by atomic mass is 32.2. The summed E-state index contributed by atoms with van der Waals surface area (Å²) in [7, 11) is 0. The smallest absolute Gasteiger partial charge is 0.248 e. The number of hydrogen-bond acceptors (Lipinski definition) is 5. The van der Waals surface area contributed by atoms with Crippen molar-refractivity contribution in [1.29, 1.82) is 0 Å². The van der Waals surface area contributed by atoms with E-state index in [0.29, 0.717) is 31.1 Å². The van der Waals surface area contributed by atoms with Gasteiger partial charge in [-0.2, -0.15) is 0 Å². The summed E-state index contributed by atoms with van der Waals surface area (Å²) >= 11 is 1.59. The molecular formula is C20H28N4O4S. The van der Waals surface area contributed by atoms with Crippen LogP contribution < -0.4 is 10.9 Å². The van der Waals surface area contributed by atoms with E-state index in [2.05, 4.69) is 10.3 Å². The standard InChI is InChI=1S/C20H28N4O4S/c1-13(25)24-12-29-10-15(24)19(28)23-9-16(20(2,3)11-23)22-18(27)8-7-14-5-4-6-17(26)21-14/h4-6,15-16H,7-12H2,1-3H3,(H,21,26)(H,22,27)/t15-,16?/m0/s1. The average Bonchev–Trinajstić information content (AvgIpc) is 3.24. The number of amides is 3. The zero-order valence-electron chi connectivity index (χ0n) is 17.1. The number of H-pyrrole nitrogens is 1. The normalized spacial score (nSPS) is 23.3. The summed E-state index contributed by atoms with van der Waals surface area (Å²) in [6.45, 7) is 6.53. The fourth-order valence-corrected chi connectivity index (χ4v) is 5.07. The lowest BCUT2D eigenvalue weighted by atomic mass is 9.87. The predicted octanol–water partition coefficient (Wildman–Crippen LogP) is 0.582. The van der Waals surface area contributed by atoms with Crippen LogP contribution in [0.1, 0.15) is 32.9 Å². The Hall–Kier alpha value is -2.29. The van der Waals surface area contributed by atoms with Crippen molar-refractivity contribution in [1.82, 2.24) is 20.1 Å². The van der Waals surface area contributed by atoms with Gasteiger partial charge >= 0.3 is 0 Å². The van der Waals surface area contributed by atoms with Gasteiger partial charge in [0.2, 0.25) is 23.3 Å². The second-order valence-corrected chi connectivity index (χ2v) is 9.37. The molecule has 3 rings (SSSR count). The highest BCUT2D eigenvalue weighted by molar-refractivity contribution is 7.99. The van der Waals surface area contributed by atoms with Crippen molar-refractivity contribution >= 4 is 29.5 Å². The van der Waals surface area contributed by atoms with Crippen LogP contribution in [0.5, 0.6) is 0 Å². The maximum absolute atomic E-state index is 13.0. The monoisotopic (exact) mass is 420 g/mol. The number of carbonyl (C=O) groups excluding carboxylic acids is 3. The van der Waals surface area contributed by atoms with E-state index in [4.69, 9.17) is 0 Å². The summed E-state index contributed by atoms with van der Waals surface area (Å²) < 4.78 is 0. The Morgan fingerprint density at radius 1 is 1.31 bits per heavy atom. The van der Waals surface area contributed by atoms with Crippen LogP contribution in [0.3, 0.4) is 0 Å². The molecule has 0 aromatic carbocycles. The molecule has 2 atom stereocenters. The van der Waals surface area contributed by atoms with Crippen molar-refractivity contribution in [2.24, 2.45) is 5.41 Å². The number of aryl methyl sites for hydroxylation is 1. The first-order valence-corrected chi connectivity index (χ1v) is 10.9. The molecule has 3 amide bonds. The third-order valence-corrected chi connectivity index (χ3v) is 6.63. The first-order chi connectivity index (χ1) is 13.7. The molecular weight excluding hydrogens is 392 g/mol. The van der Waals surface area contributed by atoms with Gasteiger partial charge in [-0.25, -0.2) is 0 Å². The molecule has 158 valence electrons. The molecule has 3 heterocycles. The topological polar surface area (TPSA) is 103 Å². The van der Waals surface area contributed by atoms with Gasteiger partial charge in [0.1, 0.15) is 6.04 Å². The maximum atomic E-state index is 13.0. The molecule has 0 radical (unpaired) electrons. The van der Waals surface area contributed by atoms with Gasteiger partial charge in [-0.1, -0.05) is 19.9 Å². The van der Waals surface area contributed by atoms with Crippen LogP contribution in [0.2, 0.25) is 0 Å². The fourth-order valence-electron chi connectivity index (χ4n) is 3.87. The van der Waals surface area contributed by atoms with Crippen LogP contribution in [0.4, 0.5) is 0 Å². The summed E-state index contributed by atoms with van der Waals surface area (Å²) in [5.74, 6) is 0.920. The third-order valence-electron chi connectivity index (χ3n) is 5.61. The first kappa shape index (κ1) is 21.4. The molecule has 1 aromatic rings. The molecule has 0 spiro atoms. The number of rotatable bonds is 5. The number of nitrogens with one attached hydrogen (secondary N) is 2. The van der Waals surface area contributed by atoms with Crippen LogP contribution in [0, 0.1) is 5.41 Å². The van der Waals surface area contributed by atoms with Crippen LogP contribution in [0.25, 0.3) is 0 Å². The third kappa shape index (κ3) is 5.01. The number of carbonyl (C=O) groups is 3. The van der Waals surface area contributed by atoms with Gasteiger partial charge < -0.3 is 20.1 Å². The number of pyridine rings is 1. The minimum absolute atomic E-state index is 0.0446. The van der Waals surface area contributed by atoms with Gasteiger partial charge in [0, 0.05) is 49.4 Å². The Balaban J connectivity index is 1.57. The van der Waals surface area contributed by atoms with Gasteiger partial charge in [-0.15, -0.1) is 11.8 Å². The molecule has 8 nitrogen and oxygen atoms in total. The van der Waals surface area contributed by atoms with Crippen LogP contribution in [0.15, 0.2) is 23.0 Å². The number of nitrogens with zero attached hydrogens (tertiary/aromatic N) is 2. The molecule has 1 unspecified atom stereocenters. The van der Waals surface area contributed by atoms with E-state index in [0.717, 1.165) is 5.69 Å². The van der Waals surface area contributed by atoms with Crippen molar-refractivity contribution < 1.29 is 14.4 Å². The molecule has 2 fully saturated rings. The lowest BCUT2D eigenvalue weighted by Crippen LogP contribution is -2.48. The molecule has 0 aliphatic carbocycles. The minimum Gasteiger partial charge on any atom is -0.351 e. The van der Waals surface area contributed by atoms with E-state index in [1.54, 1.807) is 33.7 Å². The Bertz CT molecular complexity index is 853. The molecule has 29 heavy (non-hydrogen) atoms. The molecule has 2 aliphatic rings. The van der Waals surface area contributed by atoms with Crippen molar-refractivity contribution in [2.75, 3.05) is 24.7 Å². The second-order valence-electron chi connectivity index (χ2n) is 8.37. The van der Waals surface area contributed by atoms with Gasteiger partial charge in [-0.3, -0.25) is 19.2 Å². The van der Waals surface area contributed by atoms with Crippen molar-refractivity contribution in [2.45, 2.75) is 45.7 Å². The lowest BCUT2D eigenvalue weighted by Gasteiger charge is -2.27. The van der Waals surface area contributed by atoms with Gasteiger partial charge in [0.25, 0.3) is 0 Å². The van der Waals surface area contributed by atoms with Crippen LogP contribution in [-0.4, -0.2) is 69.3 Å². The number of thioether (sulfide) groups is 1. The Morgan fingerprint density at radius 2 is 2.07 bits per heavy atom. The quantitative estimate of drug-likeness (QED) is 0.726. The summed E-state index contributed by atoms with van der Waals surface area (Å²) in [4.78, 5) is 54.7. The SMILES string of the molecule is CC(=O)N1CSC[C@H]1C(=O)N1CC(NC(=O)CCc2cccc(=O)[nH]2)C(C)(C)C1. The van der Waals surface area contributed by atoms with Gasteiger partial charge in [-0.05, 0) is 12.5 Å². The zero-order chi connectivity index (χ0) is 21.2. The lowest BCUT2D eigenvalue weighted by molar-refractivity contribution is -0.141. The molecule has 2 aliphatic heterocycles. The number of aromatic nitrogens is 1. The summed E-state index contributed by atoms with van der Waals surface area (Å²) in [6.07, 6.45) is 0.711. The van der Waals surface area contributed by atoms with E-state index >= 15 is 0 Å². The van der Waals surface area contributed by atoms with E-state index < -0.39 is 6.04 Å². The maximum Gasteiger partial charge on any atom is 0.248 e. The molecule has 9 heteroatoms. The molecule has 2 saturated heterocycles. The largest absolute Gasteiger partial charge is 0.351 e. The molecule has 0 bridgehead atoms. The molecule has 0 saturated carbocycles. The van der Waals surface area contributed by atoms with Crippen molar-refractivity contribution in [3.63, 3.8) is 0 Å². The number of aromatic amines is 1. The highest BCUT2D eigenvalue weighted by Crippen LogP contribution is 2.32. The highest BCUT2D eigenvalue weighted by Gasteiger charge is 2.45. The summed E-state index contributed by atoms with van der Waals surface area (Å²) in [6, 6.07) is 4.31. The van der Waals surface area contributed by atoms with Gasteiger partial charge in [0.15, 0.2) is 0 Å². The summed E-state index contributed by atoms with van der Waals surface area (Å²) in [5.41, 5.74) is 0.274. The Morgan fingerprint density at radius 3 is 2.76 bits per heavy atom. The van der Waals surface area contributed by atoms with Crippen LogP contribution in [-0.2, 0) is 20.8 Å². The zero-order valence-corrected chi connectivity index (χ0v) is 17.9. The van der Waals surface area contributed by atoms with Gasteiger partial charge in [0.05, 0.1) is 11.9 Å². The molecule has 2 N–H and O–H groups in total. The second kappa shape index (κ2) is 8.61. The summed E-state index contributed by atoms with van der Waals surface area (Å²) in [5, 5.41) is 3.05. The van der Waals surface area contributed by atoms with Crippen LogP contribution >= 0.6 is 11.8 Å². The fraction of sp³-hybridized carbons (Fsp3) is 0.600. The van der Waals surface area contributed by atoms with E-state index in [9.17, 15) is 19.2 Å².